The Morgan fingerprint density at radius 1 is 1.03 bits per heavy atom. The molecule has 0 aliphatic carbocycles. The van der Waals surface area contributed by atoms with Crippen LogP contribution in [0.2, 0.25) is 0 Å². The number of carbonyl (C=O) groups is 1. The second-order valence-corrected chi connectivity index (χ2v) is 8.96. The Kier molecular flexibility index (Phi) is 6.50. The lowest BCUT2D eigenvalue weighted by Gasteiger charge is -2.38. The van der Waals surface area contributed by atoms with Gasteiger partial charge in [0.2, 0.25) is 0 Å². The zero-order valence-electron chi connectivity index (χ0n) is 16.5. The maximum atomic E-state index is 13.5. The Morgan fingerprint density at radius 3 is 2.52 bits per heavy atom. The monoisotopic (exact) mass is 459 g/mol. The third kappa shape index (κ3) is 5.17. The van der Waals surface area contributed by atoms with Crippen LogP contribution < -0.4 is 10.2 Å². The summed E-state index contributed by atoms with van der Waals surface area (Å²) in [7, 11) is 0. The molecule has 0 spiro atoms. The van der Waals surface area contributed by atoms with E-state index in [2.05, 4.69) is 26.1 Å². The summed E-state index contributed by atoms with van der Waals surface area (Å²) in [6, 6.07) is 15.0. The van der Waals surface area contributed by atoms with Crippen LogP contribution in [-0.2, 0) is 6.42 Å². The summed E-state index contributed by atoms with van der Waals surface area (Å²) >= 11 is 3.54. The average Bonchev–Trinajstić information content (AvgIpc) is 2.73. The highest BCUT2D eigenvalue weighted by molar-refractivity contribution is 9.10. The normalized spacial score (nSPS) is 21.2. The predicted molar refractivity (Wildman–Crippen MR) is 118 cm³/mol. The molecule has 29 heavy (non-hydrogen) atoms. The lowest BCUT2D eigenvalue weighted by atomic mass is 9.90. The average molecular weight is 460 g/mol. The fourth-order valence-electron chi connectivity index (χ4n) is 4.40. The fraction of sp³-hybridized carbons (Fsp3) is 0.435. The topological polar surface area (TPSA) is 35.6 Å². The van der Waals surface area contributed by atoms with Crippen molar-refractivity contribution in [1.82, 2.24) is 10.2 Å². The van der Waals surface area contributed by atoms with Crippen LogP contribution in [0.4, 0.5) is 14.9 Å². The molecule has 2 amide bonds. The summed E-state index contributed by atoms with van der Waals surface area (Å²) in [5.41, 5.74) is 2.01. The number of carbonyl (C=O) groups excluding carboxylic acids is 1. The number of piperidine rings is 1. The Hall–Kier alpha value is -1.92. The van der Waals surface area contributed by atoms with Crippen molar-refractivity contribution in [3.05, 3.63) is 64.4 Å². The molecule has 1 atom stereocenters. The molecule has 6 heteroatoms. The second-order valence-electron chi connectivity index (χ2n) is 8.11. The molecular weight excluding hydrogens is 433 g/mol. The molecule has 0 aromatic heterocycles. The summed E-state index contributed by atoms with van der Waals surface area (Å²) in [6.45, 7) is 3.73. The van der Waals surface area contributed by atoms with Crippen molar-refractivity contribution in [3.63, 3.8) is 0 Å². The Morgan fingerprint density at radius 2 is 1.79 bits per heavy atom. The molecule has 0 saturated carbocycles. The molecule has 4 nitrogen and oxygen atoms in total. The molecular formula is C23H27BrFN3O. The van der Waals surface area contributed by atoms with Crippen LogP contribution in [-0.4, -0.2) is 43.2 Å². The molecule has 2 aliphatic heterocycles. The van der Waals surface area contributed by atoms with E-state index in [0.717, 1.165) is 67.6 Å². The zero-order chi connectivity index (χ0) is 20.2. The lowest BCUT2D eigenvalue weighted by molar-refractivity contribution is 0.162. The lowest BCUT2D eigenvalue weighted by Crippen LogP contribution is -2.56. The van der Waals surface area contributed by atoms with Crippen LogP contribution in [0.25, 0.3) is 0 Å². The number of hydrogen-bond acceptors (Lipinski definition) is 2. The van der Waals surface area contributed by atoms with Crippen LogP contribution in [0, 0.1) is 11.7 Å². The molecule has 2 aromatic carbocycles. The predicted octanol–water partition coefficient (Wildman–Crippen LogP) is 4.83. The zero-order valence-corrected chi connectivity index (χ0v) is 18.1. The minimum atomic E-state index is -0.168. The number of halogens is 2. The fourth-order valence-corrected chi connectivity index (χ4v) is 4.81. The molecule has 2 fully saturated rings. The van der Waals surface area contributed by atoms with E-state index in [-0.39, 0.29) is 17.9 Å². The van der Waals surface area contributed by atoms with E-state index < -0.39 is 0 Å². The summed E-state index contributed by atoms with van der Waals surface area (Å²) in [4.78, 5) is 16.8. The minimum absolute atomic E-state index is 0.00158. The summed E-state index contributed by atoms with van der Waals surface area (Å²) in [6.07, 6.45) is 4.09. The number of nitrogens with one attached hydrogen (secondary N) is 1. The highest BCUT2D eigenvalue weighted by atomic mass is 79.9. The van der Waals surface area contributed by atoms with Gasteiger partial charge in [0.15, 0.2) is 0 Å². The van der Waals surface area contributed by atoms with Crippen molar-refractivity contribution in [2.75, 3.05) is 31.1 Å². The molecule has 154 valence electrons. The molecule has 0 radical (unpaired) electrons. The van der Waals surface area contributed by atoms with Gasteiger partial charge in [-0.2, -0.15) is 0 Å². The first-order valence-electron chi connectivity index (χ1n) is 10.4. The molecule has 1 N–H and O–H groups in total. The third-order valence-corrected chi connectivity index (χ3v) is 6.82. The number of hydrogen-bond donors (Lipinski definition) is 1. The smallest absolute Gasteiger partial charge is 0.322 e. The number of amides is 2. The van der Waals surface area contributed by atoms with E-state index in [1.165, 1.54) is 6.07 Å². The number of rotatable bonds is 5. The molecule has 2 saturated heterocycles. The van der Waals surface area contributed by atoms with E-state index >= 15 is 0 Å². The number of likely N-dealkylation sites (tertiary alicyclic amines) is 1. The summed E-state index contributed by atoms with van der Waals surface area (Å²) in [5, 5.41) is 3.17. The van der Waals surface area contributed by atoms with Gasteiger partial charge in [-0.25, -0.2) is 9.18 Å². The van der Waals surface area contributed by atoms with Crippen molar-refractivity contribution >= 4 is 27.6 Å². The van der Waals surface area contributed by atoms with Gasteiger partial charge in [0, 0.05) is 29.3 Å². The maximum Gasteiger partial charge on any atom is 0.322 e. The van der Waals surface area contributed by atoms with Crippen molar-refractivity contribution in [3.8, 4) is 0 Å². The van der Waals surface area contributed by atoms with Gasteiger partial charge in [-0.3, -0.25) is 4.90 Å². The quantitative estimate of drug-likeness (QED) is 0.694. The number of nitrogens with zero attached hydrogens (tertiary/aromatic N) is 2. The maximum absolute atomic E-state index is 13.5. The van der Waals surface area contributed by atoms with Crippen molar-refractivity contribution in [2.24, 2.45) is 5.92 Å². The summed E-state index contributed by atoms with van der Waals surface area (Å²) in [5.74, 6) is 0.414. The highest BCUT2D eigenvalue weighted by Crippen LogP contribution is 2.27. The first-order valence-corrected chi connectivity index (χ1v) is 11.2. The van der Waals surface area contributed by atoms with Gasteiger partial charge < -0.3 is 10.2 Å². The van der Waals surface area contributed by atoms with E-state index in [0.29, 0.717) is 5.92 Å². The van der Waals surface area contributed by atoms with Crippen molar-refractivity contribution in [2.45, 2.75) is 31.7 Å². The molecule has 4 rings (SSSR count). The van der Waals surface area contributed by atoms with Gasteiger partial charge in [-0.05, 0) is 80.6 Å². The minimum Gasteiger partial charge on any atom is -0.334 e. The molecule has 2 aliphatic rings. The van der Waals surface area contributed by atoms with E-state index in [1.807, 2.05) is 35.2 Å². The number of para-hydroxylation sites is 1. The Labute approximate surface area is 180 Å². The van der Waals surface area contributed by atoms with Crippen molar-refractivity contribution < 1.29 is 9.18 Å². The second kappa shape index (κ2) is 9.26. The van der Waals surface area contributed by atoms with Crippen LogP contribution in [0.5, 0.6) is 0 Å². The highest BCUT2D eigenvalue weighted by Gasteiger charge is 2.28. The van der Waals surface area contributed by atoms with E-state index in [9.17, 15) is 9.18 Å². The molecule has 1 unspecified atom stereocenters. The van der Waals surface area contributed by atoms with Crippen molar-refractivity contribution in [1.29, 1.82) is 0 Å². The van der Waals surface area contributed by atoms with Gasteiger partial charge in [0.25, 0.3) is 0 Å². The molecule has 2 aromatic rings. The van der Waals surface area contributed by atoms with Crippen LogP contribution in [0.1, 0.15) is 24.8 Å². The van der Waals surface area contributed by atoms with E-state index in [4.69, 9.17) is 0 Å². The van der Waals surface area contributed by atoms with Gasteiger partial charge in [0.1, 0.15) is 5.82 Å². The third-order valence-electron chi connectivity index (χ3n) is 6.04. The van der Waals surface area contributed by atoms with Gasteiger partial charge in [0.05, 0.1) is 0 Å². The van der Waals surface area contributed by atoms with Crippen LogP contribution in [0.3, 0.4) is 0 Å². The number of urea groups is 1. The van der Waals surface area contributed by atoms with E-state index in [1.54, 1.807) is 12.1 Å². The first kappa shape index (κ1) is 20.4. The largest absolute Gasteiger partial charge is 0.334 e. The first-order chi connectivity index (χ1) is 14.1. The molecule has 2 heterocycles. The SMILES string of the molecule is O=C1NC(CN2CCC(Cc3cc(F)ccc3Br)CC2)CCN1c1ccccc1. The van der Waals surface area contributed by atoms with Gasteiger partial charge in [-0.1, -0.05) is 34.1 Å². The van der Waals surface area contributed by atoms with Crippen LogP contribution >= 0.6 is 15.9 Å². The summed E-state index contributed by atoms with van der Waals surface area (Å²) < 4.78 is 14.5. The standard InChI is InChI=1S/C23H27BrFN3O/c24-22-7-6-19(25)15-18(22)14-17-8-11-27(12-9-17)16-20-10-13-28(23(29)26-20)21-4-2-1-3-5-21/h1-7,15,17,20H,8-14,16H2,(H,26,29). The van der Waals surface area contributed by atoms with Gasteiger partial charge in [-0.15, -0.1) is 0 Å². The van der Waals surface area contributed by atoms with Crippen LogP contribution in [0.15, 0.2) is 53.0 Å². The Balaban J connectivity index is 1.24. The molecule has 0 bridgehead atoms. The Bertz CT molecular complexity index is 839. The number of anilines is 1. The van der Waals surface area contributed by atoms with Gasteiger partial charge >= 0.3 is 6.03 Å². The number of benzene rings is 2.